The summed E-state index contributed by atoms with van der Waals surface area (Å²) in [5, 5.41) is 6.66. The Morgan fingerprint density at radius 3 is 2.86 bits per heavy atom. The SMILES string of the molecule is Cc1nc2ccc(NC(=O)c3cc(S(=O)(=O)F)c[nH]3)cn2n1. The van der Waals surface area contributed by atoms with Crippen molar-refractivity contribution in [2.75, 3.05) is 5.32 Å². The molecule has 22 heavy (non-hydrogen) atoms. The zero-order valence-corrected chi connectivity index (χ0v) is 12.1. The number of nitrogens with zero attached hydrogens (tertiary/aromatic N) is 3. The van der Waals surface area contributed by atoms with E-state index in [0.717, 1.165) is 12.3 Å². The molecule has 0 bridgehead atoms. The third-order valence-electron chi connectivity index (χ3n) is 2.88. The predicted octanol–water partition coefficient (Wildman–Crippen LogP) is 1.28. The average Bonchev–Trinajstić information content (AvgIpc) is 3.02. The first-order valence-corrected chi connectivity index (χ1v) is 7.49. The van der Waals surface area contributed by atoms with E-state index in [4.69, 9.17) is 0 Å². The summed E-state index contributed by atoms with van der Waals surface area (Å²) in [6.45, 7) is 1.74. The van der Waals surface area contributed by atoms with E-state index in [1.54, 1.807) is 25.3 Å². The summed E-state index contributed by atoms with van der Waals surface area (Å²) in [5.74, 6) is -0.0169. The first-order valence-electron chi connectivity index (χ1n) is 6.10. The van der Waals surface area contributed by atoms with E-state index in [1.165, 1.54) is 4.52 Å². The van der Waals surface area contributed by atoms with Gasteiger partial charge in [0.15, 0.2) is 5.65 Å². The van der Waals surface area contributed by atoms with Gasteiger partial charge in [-0.1, -0.05) is 0 Å². The Morgan fingerprint density at radius 2 is 2.18 bits per heavy atom. The van der Waals surface area contributed by atoms with Crippen molar-refractivity contribution in [3.63, 3.8) is 0 Å². The monoisotopic (exact) mass is 323 g/mol. The first kappa shape index (κ1) is 14.2. The van der Waals surface area contributed by atoms with Crippen molar-refractivity contribution in [3.8, 4) is 0 Å². The van der Waals surface area contributed by atoms with Crippen LogP contribution < -0.4 is 5.32 Å². The van der Waals surface area contributed by atoms with Gasteiger partial charge >= 0.3 is 10.2 Å². The minimum Gasteiger partial charge on any atom is -0.356 e. The van der Waals surface area contributed by atoms with E-state index >= 15 is 0 Å². The molecule has 0 atom stereocenters. The number of pyridine rings is 1. The van der Waals surface area contributed by atoms with E-state index in [2.05, 4.69) is 20.4 Å². The number of aromatic amines is 1. The van der Waals surface area contributed by atoms with Gasteiger partial charge in [0, 0.05) is 6.20 Å². The molecule has 3 aromatic rings. The maximum absolute atomic E-state index is 12.8. The molecular formula is C12H10FN5O3S. The number of hydrogen-bond donors (Lipinski definition) is 2. The highest BCUT2D eigenvalue weighted by atomic mass is 32.3. The lowest BCUT2D eigenvalue weighted by Gasteiger charge is -2.03. The van der Waals surface area contributed by atoms with E-state index < -0.39 is 21.0 Å². The van der Waals surface area contributed by atoms with Crippen LogP contribution in [0.25, 0.3) is 5.65 Å². The van der Waals surface area contributed by atoms with E-state index in [0.29, 0.717) is 17.2 Å². The molecule has 0 saturated carbocycles. The highest BCUT2D eigenvalue weighted by Crippen LogP contribution is 2.15. The van der Waals surface area contributed by atoms with E-state index in [1.807, 2.05) is 0 Å². The molecule has 0 fully saturated rings. The Labute approximate surface area is 124 Å². The number of carbonyl (C=O) groups is 1. The van der Waals surface area contributed by atoms with Crippen LogP contribution in [-0.2, 0) is 10.2 Å². The minimum absolute atomic E-state index is 0.0777. The molecule has 0 aliphatic rings. The number of hydrogen-bond acceptors (Lipinski definition) is 5. The van der Waals surface area contributed by atoms with Gasteiger partial charge < -0.3 is 10.3 Å². The van der Waals surface area contributed by atoms with Crippen LogP contribution in [0.4, 0.5) is 9.57 Å². The summed E-state index contributed by atoms with van der Waals surface area (Å²) >= 11 is 0. The van der Waals surface area contributed by atoms with Crippen molar-refractivity contribution in [1.82, 2.24) is 19.6 Å². The summed E-state index contributed by atoms with van der Waals surface area (Å²) in [7, 11) is -4.85. The zero-order valence-electron chi connectivity index (χ0n) is 11.2. The van der Waals surface area contributed by atoms with Crippen LogP contribution in [0.3, 0.4) is 0 Å². The molecule has 114 valence electrons. The summed E-state index contributed by atoms with van der Waals surface area (Å²) < 4.78 is 35.8. The quantitative estimate of drug-likeness (QED) is 0.706. The van der Waals surface area contributed by atoms with Crippen LogP contribution in [0, 0.1) is 6.92 Å². The molecule has 0 spiro atoms. The topological polar surface area (TPSA) is 109 Å². The number of rotatable bonds is 3. The smallest absolute Gasteiger partial charge is 0.333 e. The van der Waals surface area contributed by atoms with Gasteiger partial charge in [-0.15, -0.1) is 3.89 Å². The van der Waals surface area contributed by atoms with E-state index in [9.17, 15) is 17.1 Å². The molecular weight excluding hydrogens is 313 g/mol. The van der Waals surface area contributed by atoms with Crippen LogP contribution >= 0.6 is 0 Å². The van der Waals surface area contributed by atoms with Gasteiger partial charge in [-0.2, -0.15) is 13.5 Å². The van der Waals surface area contributed by atoms with Gasteiger partial charge in [-0.3, -0.25) is 4.79 Å². The van der Waals surface area contributed by atoms with Crippen molar-refractivity contribution in [1.29, 1.82) is 0 Å². The van der Waals surface area contributed by atoms with Crippen molar-refractivity contribution in [2.24, 2.45) is 0 Å². The highest BCUT2D eigenvalue weighted by Gasteiger charge is 2.17. The molecule has 2 N–H and O–H groups in total. The molecule has 3 rings (SSSR count). The Balaban J connectivity index is 1.84. The Hall–Kier alpha value is -2.75. The fourth-order valence-electron chi connectivity index (χ4n) is 1.91. The first-order chi connectivity index (χ1) is 10.3. The molecule has 0 aliphatic heterocycles. The fourth-order valence-corrected chi connectivity index (χ4v) is 2.37. The van der Waals surface area contributed by atoms with Gasteiger partial charge in [0.2, 0.25) is 0 Å². The summed E-state index contributed by atoms with van der Waals surface area (Å²) in [4.78, 5) is 17.9. The lowest BCUT2D eigenvalue weighted by molar-refractivity contribution is 0.102. The van der Waals surface area contributed by atoms with Crippen molar-refractivity contribution in [3.05, 3.63) is 42.1 Å². The Bertz CT molecular complexity index is 976. The minimum atomic E-state index is -4.85. The van der Waals surface area contributed by atoms with Gasteiger partial charge in [0.05, 0.1) is 11.9 Å². The average molecular weight is 323 g/mol. The van der Waals surface area contributed by atoms with Gasteiger partial charge in [-0.05, 0) is 25.1 Å². The van der Waals surface area contributed by atoms with E-state index in [-0.39, 0.29) is 5.69 Å². The van der Waals surface area contributed by atoms with Crippen LogP contribution in [-0.4, -0.2) is 33.9 Å². The fraction of sp³-hybridized carbons (Fsp3) is 0.0833. The van der Waals surface area contributed by atoms with Gasteiger partial charge in [-0.25, -0.2) is 9.50 Å². The van der Waals surface area contributed by atoms with Gasteiger partial charge in [0.25, 0.3) is 5.91 Å². The third-order valence-corrected chi connectivity index (χ3v) is 3.68. The molecule has 10 heteroatoms. The van der Waals surface area contributed by atoms with Crippen molar-refractivity contribution in [2.45, 2.75) is 11.8 Å². The number of aryl methyl sites for hydroxylation is 1. The highest BCUT2D eigenvalue weighted by molar-refractivity contribution is 7.86. The number of anilines is 1. The molecule has 0 aromatic carbocycles. The number of amides is 1. The molecule has 0 radical (unpaired) electrons. The second-order valence-electron chi connectivity index (χ2n) is 4.52. The van der Waals surface area contributed by atoms with Crippen LogP contribution in [0.1, 0.15) is 16.3 Å². The largest absolute Gasteiger partial charge is 0.356 e. The summed E-state index contributed by atoms with van der Waals surface area (Å²) in [6, 6.07) is 4.21. The third kappa shape index (κ3) is 2.68. The summed E-state index contributed by atoms with van der Waals surface area (Å²) in [5.41, 5.74) is 0.980. The van der Waals surface area contributed by atoms with Crippen molar-refractivity contribution >= 4 is 27.5 Å². The molecule has 0 unspecified atom stereocenters. The number of H-pyrrole nitrogens is 1. The molecule has 0 aliphatic carbocycles. The Morgan fingerprint density at radius 1 is 1.41 bits per heavy atom. The number of fused-ring (bicyclic) bond motifs is 1. The number of aromatic nitrogens is 4. The van der Waals surface area contributed by atoms with Crippen molar-refractivity contribution < 1.29 is 17.1 Å². The maximum atomic E-state index is 12.8. The van der Waals surface area contributed by atoms with Gasteiger partial charge in [0.1, 0.15) is 16.4 Å². The molecule has 0 saturated heterocycles. The number of halogens is 1. The number of carbonyl (C=O) groups excluding carboxylic acids is 1. The molecule has 3 aromatic heterocycles. The second kappa shape index (κ2) is 4.91. The molecule has 8 nitrogen and oxygen atoms in total. The predicted molar refractivity (Wildman–Crippen MR) is 74.8 cm³/mol. The number of nitrogens with one attached hydrogen (secondary N) is 2. The molecule has 1 amide bonds. The normalized spacial score (nSPS) is 11.7. The zero-order chi connectivity index (χ0) is 15.9. The lowest BCUT2D eigenvalue weighted by atomic mass is 10.3. The standard InChI is InChI=1S/C12H10FN5O3S/c1-7-15-11-3-2-8(6-18(11)17-7)16-12(19)10-4-9(5-14-10)22(13,20)21/h2-6,14H,1H3,(H,16,19). The molecule has 3 heterocycles. The lowest BCUT2D eigenvalue weighted by Crippen LogP contribution is -2.12. The maximum Gasteiger partial charge on any atom is 0.333 e. The Kier molecular flexibility index (Phi) is 3.17. The van der Waals surface area contributed by atoms with Crippen LogP contribution in [0.2, 0.25) is 0 Å². The van der Waals surface area contributed by atoms with Crippen LogP contribution in [0.15, 0.2) is 35.5 Å². The van der Waals surface area contributed by atoms with Crippen LogP contribution in [0.5, 0.6) is 0 Å². The second-order valence-corrected chi connectivity index (χ2v) is 5.87. The summed E-state index contributed by atoms with van der Waals surface area (Å²) in [6.07, 6.45) is 2.47.